The minimum atomic E-state index is 0.157. The van der Waals surface area contributed by atoms with Gasteiger partial charge in [0, 0.05) is 12.6 Å². The molecule has 1 aliphatic rings. The highest BCUT2D eigenvalue weighted by atomic mass is 15.1. The van der Waals surface area contributed by atoms with Gasteiger partial charge in [0.2, 0.25) is 0 Å². The van der Waals surface area contributed by atoms with Crippen molar-refractivity contribution in [2.75, 3.05) is 19.6 Å². The van der Waals surface area contributed by atoms with Crippen LogP contribution in [-0.2, 0) is 0 Å². The summed E-state index contributed by atoms with van der Waals surface area (Å²) < 4.78 is 0. The zero-order valence-electron chi connectivity index (χ0n) is 11.7. The number of nitrogens with zero attached hydrogens (tertiary/aromatic N) is 1. The van der Waals surface area contributed by atoms with E-state index in [1.165, 1.54) is 43.5 Å². The van der Waals surface area contributed by atoms with E-state index in [0.29, 0.717) is 5.92 Å². The summed E-state index contributed by atoms with van der Waals surface area (Å²) in [6.45, 7) is 7.89. The number of benzene rings is 1. The molecule has 1 aromatic rings. The molecule has 2 nitrogen and oxygen atoms in total. The summed E-state index contributed by atoms with van der Waals surface area (Å²) in [5, 5.41) is 0. The van der Waals surface area contributed by atoms with Crippen LogP contribution in [0.4, 0.5) is 0 Å². The fraction of sp³-hybridized carbons (Fsp3) is 0.625. The predicted octanol–water partition coefficient (Wildman–Crippen LogP) is 3.30. The molecule has 1 atom stereocenters. The van der Waals surface area contributed by atoms with Crippen LogP contribution in [0.3, 0.4) is 0 Å². The Morgan fingerprint density at radius 1 is 1.00 bits per heavy atom. The van der Waals surface area contributed by atoms with Crippen LogP contribution >= 0.6 is 0 Å². The summed E-state index contributed by atoms with van der Waals surface area (Å²) in [5.74, 6) is 0.595. The molecular weight excluding hydrogens is 220 g/mol. The van der Waals surface area contributed by atoms with Crippen LogP contribution in [-0.4, -0.2) is 24.5 Å². The Balaban J connectivity index is 1.93. The number of nitrogens with two attached hydrogens (primary N) is 1. The minimum Gasteiger partial charge on any atom is -0.323 e. The second-order valence-corrected chi connectivity index (χ2v) is 5.79. The van der Waals surface area contributed by atoms with Crippen LogP contribution in [0.1, 0.15) is 56.2 Å². The lowest BCUT2D eigenvalue weighted by molar-refractivity contribution is 0.216. The van der Waals surface area contributed by atoms with E-state index in [4.69, 9.17) is 5.73 Å². The highest BCUT2D eigenvalue weighted by Gasteiger charge is 2.14. The maximum atomic E-state index is 6.31. The van der Waals surface area contributed by atoms with Gasteiger partial charge in [0.15, 0.2) is 0 Å². The first-order valence-corrected chi connectivity index (χ1v) is 7.24. The molecule has 2 rings (SSSR count). The summed E-state index contributed by atoms with van der Waals surface area (Å²) in [7, 11) is 0. The standard InChI is InChI=1S/C16H26N2/c1-13(2)14-6-8-15(9-7-14)16(17)12-18-10-4-3-5-11-18/h6-9,13,16H,3-5,10-12,17H2,1-2H3. The number of likely N-dealkylation sites (tertiary alicyclic amines) is 1. The quantitative estimate of drug-likeness (QED) is 0.883. The lowest BCUT2D eigenvalue weighted by atomic mass is 9.99. The Morgan fingerprint density at radius 2 is 1.56 bits per heavy atom. The van der Waals surface area contributed by atoms with Crippen LogP contribution in [0.2, 0.25) is 0 Å². The van der Waals surface area contributed by atoms with Crippen LogP contribution in [0, 0.1) is 0 Å². The molecule has 1 fully saturated rings. The Kier molecular flexibility index (Phi) is 4.79. The smallest absolute Gasteiger partial charge is 0.0424 e. The van der Waals surface area contributed by atoms with Gasteiger partial charge in [0.25, 0.3) is 0 Å². The van der Waals surface area contributed by atoms with Gasteiger partial charge in [0.1, 0.15) is 0 Å². The van der Waals surface area contributed by atoms with E-state index in [2.05, 4.69) is 43.0 Å². The van der Waals surface area contributed by atoms with Gasteiger partial charge in [-0.25, -0.2) is 0 Å². The summed E-state index contributed by atoms with van der Waals surface area (Å²) >= 11 is 0. The van der Waals surface area contributed by atoms with Gasteiger partial charge in [-0.05, 0) is 43.0 Å². The van der Waals surface area contributed by atoms with E-state index in [1.807, 2.05) is 0 Å². The maximum Gasteiger partial charge on any atom is 0.0424 e. The number of hydrogen-bond donors (Lipinski definition) is 1. The Bertz CT molecular complexity index is 350. The second kappa shape index (κ2) is 6.35. The van der Waals surface area contributed by atoms with Crippen molar-refractivity contribution >= 4 is 0 Å². The molecule has 2 N–H and O–H groups in total. The van der Waals surface area contributed by atoms with Crippen molar-refractivity contribution in [2.24, 2.45) is 5.73 Å². The zero-order chi connectivity index (χ0) is 13.0. The van der Waals surface area contributed by atoms with E-state index >= 15 is 0 Å². The van der Waals surface area contributed by atoms with Crippen LogP contribution in [0.5, 0.6) is 0 Å². The fourth-order valence-electron chi connectivity index (χ4n) is 2.65. The van der Waals surface area contributed by atoms with Gasteiger partial charge in [-0.15, -0.1) is 0 Å². The fourth-order valence-corrected chi connectivity index (χ4v) is 2.65. The Hall–Kier alpha value is -0.860. The minimum absolute atomic E-state index is 0.157. The third kappa shape index (κ3) is 3.56. The lowest BCUT2D eigenvalue weighted by Crippen LogP contribution is -2.36. The molecule has 0 saturated carbocycles. The molecule has 18 heavy (non-hydrogen) atoms. The SMILES string of the molecule is CC(C)c1ccc(C(N)CN2CCCCC2)cc1. The van der Waals surface area contributed by atoms with Crippen LogP contribution in [0.25, 0.3) is 0 Å². The van der Waals surface area contributed by atoms with Gasteiger partial charge < -0.3 is 10.6 Å². The molecule has 0 radical (unpaired) electrons. The van der Waals surface area contributed by atoms with Crippen molar-refractivity contribution in [3.8, 4) is 0 Å². The third-order valence-corrected chi connectivity index (χ3v) is 3.93. The van der Waals surface area contributed by atoms with Crippen molar-refractivity contribution in [3.63, 3.8) is 0 Å². The monoisotopic (exact) mass is 246 g/mol. The van der Waals surface area contributed by atoms with Gasteiger partial charge in [-0.1, -0.05) is 44.5 Å². The highest BCUT2D eigenvalue weighted by molar-refractivity contribution is 5.26. The van der Waals surface area contributed by atoms with Crippen LogP contribution in [0.15, 0.2) is 24.3 Å². The predicted molar refractivity (Wildman–Crippen MR) is 77.8 cm³/mol. The topological polar surface area (TPSA) is 29.3 Å². The second-order valence-electron chi connectivity index (χ2n) is 5.79. The molecule has 0 amide bonds. The molecule has 100 valence electrons. The zero-order valence-corrected chi connectivity index (χ0v) is 11.7. The Morgan fingerprint density at radius 3 is 2.11 bits per heavy atom. The molecule has 0 aliphatic carbocycles. The van der Waals surface area contributed by atoms with E-state index in [0.717, 1.165) is 6.54 Å². The summed E-state index contributed by atoms with van der Waals surface area (Å²) in [6.07, 6.45) is 4.05. The summed E-state index contributed by atoms with van der Waals surface area (Å²) in [4.78, 5) is 2.50. The first-order valence-electron chi connectivity index (χ1n) is 7.24. The lowest BCUT2D eigenvalue weighted by Gasteiger charge is -2.29. The van der Waals surface area contributed by atoms with E-state index in [1.54, 1.807) is 0 Å². The molecule has 1 heterocycles. The number of piperidine rings is 1. The number of rotatable bonds is 4. The van der Waals surface area contributed by atoms with Crippen molar-refractivity contribution in [3.05, 3.63) is 35.4 Å². The average molecular weight is 246 g/mol. The van der Waals surface area contributed by atoms with E-state index in [9.17, 15) is 0 Å². The molecular formula is C16H26N2. The molecule has 1 saturated heterocycles. The van der Waals surface area contributed by atoms with Crippen LogP contribution < -0.4 is 5.73 Å². The molecule has 2 heteroatoms. The van der Waals surface area contributed by atoms with Gasteiger partial charge >= 0.3 is 0 Å². The molecule has 1 unspecified atom stereocenters. The molecule has 1 aliphatic heterocycles. The first-order chi connectivity index (χ1) is 8.66. The summed E-state index contributed by atoms with van der Waals surface area (Å²) in [5.41, 5.74) is 8.97. The van der Waals surface area contributed by atoms with Gasteiger partial charge in [-0.3, -0.25) is 0 Å². The first kappa shape index (κ1) is 13.6. The summed E-state index contributed by atoms with van der Waals surface area (Å²) in [6, 6.07) is 8.99. The van der Waals surface area contributed by atoms with Gasteiger partial charge in [0.05, 0.1) is 0 Å². The van der Waals surface area contributed by atoms with Crippen molar-refractivity contribution in [2.45, 2.75) is 45.1 Å². The van der Waals surface area contributed by atoms with Gasteiger partial charge in [-0.2, -0.15) is 0 Å². The highest BCUT2D eigenvalue weighted by Crippen LogP contribution is 2.19. The largest absolute Gasteiger partial charge is 0.323 e. The maximum absolute atomic E-state index is 6.31. The van der Waals surface area contributed by atoms with E-state index < -0.39 is 0 Å². The van der Waals surface area contributed by atoms with Crippen molar-refractivity contribution < 1.29 is 0 Å². The molecule has 0 bridgehead atoms. The average Bonchev–Trinajstić information content (AvgIpc) is 2.40. The van der Waals surface area contributed by atoms with Crippen molar-refractivity contribution in [1.82, 2.24) is 4.90 Å². The normalized spacial score (nSPS) is 19.1. The van der Waals surface area contributed by atoms with Crippen molar-refractivity contribution in [1.29, 1.82) is 0 Å². The van der Waals surface area contributed by atoms with E-state index in [-0.39, 0.29) is 6.04 Å². The molecule has 1 aromatic carbocycles. The third-order valence-electron chi connectivity index (χ3n) is 3.93. The Labute approximate surface area is 111 Å². The molecule has 0 spiro atoms. The number of hydrogen-bond acceptors (Lipinski definition) is 2. The molecule has 0 aromatic heterocycles.